The van der Waals surface area contributed by atoms with E-state index in [9.17, 15) is 52.7 Å². The third kappa shape index (κ3) is 6.60. The van der Waals surface area contributed by atoms with Crippen LogP contribution in [0.1, 0.15) is 13.8 Å². The van der Waals surface area contributed by atoms with Crippen molar-refractivity contribution in [2.75, 3.05) is 0 Å². The lowest BCUT2D eigenvalue weighted by atomic mass is 10.2. The van der Waals surface area contributed by atoms with Crippen molar-refractivity contribution >= 4 is 0 Å². The van der Waals surface area contributed by atoms with Gasteiger partial charge in [-0.05, 0) is 19.9 Å². The summed E-state index contributed by atoms with van der Waals surface area (Å²) in [5.74, 6) is -7.84. The molecule has 0 heterocycles. The number of hydrogen-bond donors (Lipinski definition) is 0. The highest BCUT2D eigenvalue weighted by Gasteiger charge is 2.60. The first-order chi connectivity index (χ1) is 9.42. The predicted octanol–water partition coefficient (Wildman–Crippen LogP) is 6.11. The SMILES string of the molecule is CC=C(C(F)(F)F)C(F)(F)F.CC=C(F)C(F)(F)C(F)(F)F. The molecule has 0 radical (unpaired) electrons. The summed E-state index contributed by atoms with van der Waals surface area (Å²) in [7, 11) is 0. The molecule has 12 heteroatoms. The largest absolute Gasteiger partial charge is 0.460 e. The molecule has 22 heavy (non-hydrogen) atoms. The molecule has 0 bridgehead atoms. The fourth-order valence-corrected chi connectivity index (χ4v) is 0.805. The second-order valence-corrected chi connectivity index (χ2v) is 3.41. The Labute approximate surface area is 116 Å². The van der Waals surface area contributed by atoms with E-state index in [1.807, 2.05) is 0 Å². The summed E-state index contributed by atoms with van der Waals surface area (Å²) in [5, 5.41) is 0. The zero-order valence-electron chi connectivity index (χ0n) is 10.7. The minimum Gasteiger partial charge on any atom is -0.205 e. The van der Waals surface area contributed by atoms with Crippen LogP contribution in [0.25, 0.3) is 0 Å². The summed E-state index contributed by atoms with van der Waals surface area (Å²) in [5.41, 5.74) is -2.47. The Morgan fingerprint density at radius 1 is 0.636 bits per heavy atom. The minimum atomic E-state index is -5.86. The highest BCUT2D eigenvalue weighted by Crippen LogP contribution is 2.41. The van der Waals surface area contributed by atoms with Gasteiger partial charge in [-0.1, -0.05) is 6.08 Å². The lowest BCUT2D eigenvalue weighted by Crippen LogP contribution is -2.36. The van der Waals surface area contributed by atoms with E-state index in [-0.39, 0.29) is 12.2 Å². The Bertz CT molecular complexity index is 387. The van der Waals surface area contributed by atoms with Crippen LogP contribution >= 0.6 is 0 Å². The van der Waals surface area contributed by atoms with Crippen LogP contribution in [-0.4, -0.2) is 24.5 Å². The van der Waals surface area contributed by atoms with Crippen LogP contribution in [0.2, 0.25) is 0 Å². The Morgan fingerprint density at radius 3 is 1.00 bits per heavy atom. The molecule has 132 valence electrons. The minimum absolute atomic E-state index is 0. The fourth-order valence-electron chi connectivity index (χ4n) is 0.805. The first kappa shape index (κ1) is 22.9. The van der Waals surface area contributed by atoms with Crippen molar-refractivity contribution in [3.8, 4) is 0 Å². The van der Waals surface area contributed by atoms with Crippen molar-refractivity contribution in [2.24, 2.45) is 0 Å². The van der Waals surface area contributed by atoms with Crippen LogP contribution < -0.4 is 0 Å². The summed E-state index contributed by atoms with van der Waals surface area (Å²) in [6.07, 6.45) is -16.4. The summed E-state index contributed by atoms with van der Waals surface area (Å²) < 4.78 is 138. The van der Waals surface area contributed by atoms with Crippen LogP contribution in [0.3, 0.4) is 0 Å². The molecule has 0 aromatic rings. The molecule has 0 saturated heterocycles. The van der Waals surface area contributed by atoms with Crippen molar-refractivity contribution in [1.82, 2.24) is 0 Å². The average molecular weight is 356 g/mol. The normalized spacial score (nSPS) is 14.2. The van der Waals surface area contributed by atoms with E-state index >= 15 is 0 Å². The molecule has 0 aliphatic heterocycles. The van der Waals surface area contributed by atoms with E-state index in [4.69, 9.17) is 0 Å². The molecule has 0 rings (SSSR count). The van der Waals surface area contributed by atoms with Crippen molar-refractivity contribution in [2.45, 2.75) is 38.3 Å². The molecular formula is C10H8F12. The molecule has 0 nitrogen and oxygen atoms in total. The lowest BCUT2D eigenvalue weighted by Gasteiger charge is -2.16. The zero-order chi connectivity index (χ0) is 18.6. The number of halogens is 12. The highest BCUT2D eigenvalue weighted by molar-refractivity contribution is 5.13. The van der Waals surface area contributed by atoms with Gasteiger partial charge < -0.3 is 0 Å². The number of rotatable bonds is 1. The molecule has 0 unspecified atom stereocenters. The van der Waals surface area contributed by atoms with Gasteiger partial charge in [-0.25, -0.2) is 4.39 Å². The van der Waals surface area contributed by atoms with Gasteiger partial charge in [0.05, 0.1) is 0 Å². The van der Waals surface area contributed by atoms with Crippen molar-refractivity contribution in [3.05, 3.63) is 23.6 Å². The van der Waals surface area contributed by atoms with Gasteiger partial charge in [0.1, 0.15) is 5.57 Å². The van der Waals surface area contributed by atoms with E-state index in [1.165, 1.54) is 0 Å². The summed E-state index contributed by atoms with van der Waals surface area (Å²) in [4.78, 5) is 0. The molecule has 0 aromatic carbocycles. The molecule has 0 saturated carbocycles. The maximum Gasteiger partial charge on any atom is 0.460 e. The maximum absolute atomic E-state index is 11.8. The smallest absolute Gasteiger partial charge is 0.205 e. The zero-order valence-corrected chi connectivity index (χ0v) is 10.7. The maximum atomic E-state index is 11.8. The van der Waals surface area contributed by atoms with Crippen molar-refractivity contribution < 1.29 is 52.7 Å². The van der Waals surface area contributed by atoms with Gasteiger partial charge in [-0.3, -0.25) is 0 Å². The van der Waals surface area contributed by atoms with Gasteiger partial charge in [0, 0.05) is 0 Å². The van der Waals surface area contributed by atoms with E-state index in [0.29, 0.717) is 6.92 Å². The van der Waals surface area contributed by atoms with Crippen molar-refractivity contribution in [3.63, 3.8) is 0 Å². The van der Waals surface area contributed by atoms with Gasteiger partial charge in [0.15, 0.2) is 5.83 Å². The van der Waals surface area contributed by atoms with Crippen LogP contribution in [0.5, 0.6) is 0 Å². The Hall–Kier alpha value is -1.36. The summed E-state index contributed by atoms with van der Waals surface area (Å²) in [6, 6.07) is 0. The molecule has 0 aromatic heterocycles. The topological polar surface area (TPSA) is 0 Å². The number of alkyl halides is 11. The monoisotopic (exact) mass is 356 g/mol. The molecule has 0 spiro atoms. The first-order valence-electron chi connectivity index (χ1n) is 5.00. The van der Waals surface area contributed by atoms with Crippen molar-refractivity contribution in [1.29, 1.82) is 0 Å². The van der Waals surface area contributed by atoms with Crippen LogP contribution in [0.4, 0.5) is 52.7 Å². The molecule has 0 fully saturated rings. The Balaban J connectivity index is 0. The fraction of sp³-hybridized carbons (Fsp3) is 0.600. The predicted molar refractivity (Wildman–Crippen MR) is 51.7 cm³/mol. The number of hydrogen-bond acceptors (Lipinski definition) is 0. The van der Waals surface area contributed by atoms with Gasteiger partial charge in [-0.2, -0.15) is 48.3 Å². The Morgan fingerprint density at radius 2 is 0.955 bits per heavy atom. The summed E-state index contributed by atoms with van der Waals surface area (Å²) in [6.45, 7) is 1.45. The van der Waals surface area contributed by atoms with E-state index in [0.717, 1.165) is 6.92 Å². The van der Waals surface area contributed by atoms with Gasteiger partial charge in [-0.15, -0.1) is 0 Å². The second kappa shape index (κ2) is 7.27. The van der Waals surface area contributed by atoms with Gasteiger partial charge in [0.25, 0.3) is 0 Å². The lowest BCUT2D eigenvalue weighted by molar-refractivity contribution is -0.270. The Kier molecular flexibility index (Phi) is 7.57. The molecule has 0 aliphatic carbocycles. The molecule has 0 amide bonds. The molecule has 0 aliphatic rings. The van der Waals surface area contributed by atoms with Crippen LogP contribution in [-0.2, 0) is 0 Å². The average Bonchev–Trinajstić information content (AvgIpc) is 2.23. The van der Waals surface area contributed by atoms with E-state index in [2.05, 4.69) is 0 Å². The molecule has 0 N–H and O–H groups in total. The van der Waals surface area contributed by atoms with Gasteiger partial charge in [0.2, 0.25) is 0 Å². The third-order valence-electron chi connectivity index (χ3n) is 1.81. The third-order valence-corrected chi connectivity index (χ3v) is 1.81. The standard InChI is InChI=1S/2C5H4F6/c1-2-3(6)4(7,8)5(9,10)11;1-2-3(4(6,7)8)5(9,10)11/h2*2H,1H3. The molecular weight excluding hydrogens is 348 g/mol. The first-order valence-corrected chi connectivity index (χ1v) is 5.00. The van der Waals surface area contributed by atoms with Crippen LogP contribution in [0.15, 0.2) is 23.6 Å². The molecule has 0 atom stereocenters. The van der Waals surface area contributed by atoms with Crippen LogP contribution in [0, 0.1) is 0 Å². The quantitative estimate of drug-likeness (QED) is 0.393. The second-order valence-electron chi connectivity index (χ2n) is 3.41. The van der Waals surface area contributed by atoms with Gasteiger partial charge >= 0.3 is 24.5 Å². The number of allylic oxidation sites excluding steroid dienone is 4. The highest BCUT2D eigenvalue weighted by atomic mass is 19.4. The summed E-state index contributed by atoms with van der Waals surface area (Å²) >= 11 is 0. The van der Waals surface area contributed by atoms with E-state index < -0.39 is 35.9 Å². The van der Waals surface area contributed by atoms with E-state index in [1.54, 1.807) is 0 Å².